The maximum absolute atomic E-state index is 13.2. The molecule has 28 heavy (non-hydrogen) atoms. The Labute approximate surface area is 163 Å². The minimum Gasteiger partial charge on any atom is -0.378 e. The molecule has 1 aromatic heterocycles. The van der Waals surface area contributed by atoms with E-state index in [0.29, 0.717) is 38.5 Å². The van der Waals surface area contributed by atoms with Crippen LogP contribution in [0.4, 0.5) is 5.69 Å². The zero-order chi connectivity index (χ0) is 19.3. The highest BCUT2D eigenvalue weighted by atomic mass is 16.5. The molecule has 0 unspecified atom stereocenters. The van der Waals surface area contributed by atoms with E-state index in [2.05, 4.69) is 0 Å². The fourth-order valence-electron chi connectivity index (χ4n) is 3.46. The third-order valence-electron chi connectivity index (χ3n) is 4.95. The SMILES string of the molecule is O=c1c(N2CCOCC2)cn(Cc2ccccc2)c(=O)n1Cc1ccccc1. The Bertz CT molecular complexity index is 1040. The molecule has 2 heterocycles. The molecule has 0 N–H and O–H groups in total. The van der Waals surface area contributed by atoms with Gasteiger partial charge in [-0.3, -0.25) is 13.9 Å². The first-order valence-corrected chi connectivity index (χ1v) is 9.47. The van der Waals surface area contributed by atoms with Crippen LogP contribution in [-0.2, 0) is 17.8 Å². The zero-order valence-corrected chi connectivity index (χ0v) is 15.7. The van der Waals surface area contributed by atoms with Crippen molar-refractivity contribution in [3.8, 4) is 0 Å². The molecule has 1 aliphatic heterocycles. The molecule has 6 heteroatoms. The van der Waals surface area contributed by atoms with Crippen LogP contribution in [0.25, 0.3) is 0 Å². The van der Waals surface area contributed by atoms with Gasteiger partial charge in [0, 0.05) is 19.3 Å². The summed E-state index contributed by atoms with van der Waals surface area (Å²) in [6.07, 6.45) is 1.70. The normalized spacial score (nSPS) is 14.2. The second kappa shape index (κ2) is 8.27. The van der Waals surface area contributed by atoms with E-state index in [4.69, 9.17) is 4.74 Å². The first kappa shape index (κ1) is 18.3. The summed E-state index contributed by atoms with van der Waals surface area (Å²) < 4.78 is 8.38. The first-order valence-electron chi connectivity index (χ1n) is 9.47. The van der Waals surface area contributed by atoms with Gasteiger partial charge >= 0.3 is 5.69 Å². The number of morpholine rings is 1. The van der Waals surface area contributed by atoms with Crippen LogP contribution in [0.2, 0.25) is 0 Å². The molecule has 1 fully saturated rings. The Balaban J connectivity index is 1.79. The number of ether oxygens (including phenoxy) is 1. The zero-order valence-electron chi connectivity index (χ0n) is 15.7. The van der Waals surface area contributed by atoms with Crippen LogP contribution in [0, 0.1) is 0 Å². The van der Waals surface area contributed by atoms with Crippen molar-refractivity contribution in [1.29, 1.82) is 0 Å². The number of benzene rings is 2. The van der Waals surface area contributed by atoms with Gasteiger partial charge in [0.05, 0.1) is 26.3 Å². The predicted octanol–water partition coefficient (Wildman–Crippen LogP) is 1.94. The highest BCUT2D eigenvalue weighted by Crippen LogP contribution is 2.11. The van der Waals surface area contributed by atoms with Gasteiger partial charge in [-0.05, 0) is 11.1 Å². The van der Waals surface area contributed by atoms with Crippen LogP contribution in [0.15, 0.2) is 76.4 Å². The Hall–Kier alpha value is -3.12. The van der Waals surface area contributed by atoms with Gasteiger partial charge < -0.3 is 9.64 Å². The van der Waals surface area contributed by atoms with E-state index < -0.39 is 0 Å². The standard InChI is InChI=1S/C22H23N3O3/c26-21-20(23-11-13-28-14-12-23)17-24(15-18-7-3-1-4-8-18)22(27)25(21)16-19-9-5-2-6-10-19/h1-10,17H,11-16H2. The molecule has 0 atom stereocenters. The van der Waals surface area contributed by atoms with E-state index in [0.717, 1.165) is 11.1 Å². The summed E-state index contributed by atoms with van der Waals surface area (Å²) in [5, 5.41) is 0. The van der Waals surface area contributed by atoms with Crippen LogP contribution in [0.3, 0.4) is 0 Å². The van der Waals surface area contributed by atoms with Crippen molar-refractivity contribution in [2.24, 2.45) is 0 Å². The van der Waals surface area contributed by atoms with E-state index in [1.165, 1.54) is 4.57 Å². The van der Waals surface area contributed by atoms with E-state index in [1.807, 2.05) is 65.6 Å². The highest BCUT2D eigenvalue weighted by Gasteiger charge is 2.19. The number of nitrogens with zero attached hydrogens (tertiary/aromatic N) is 3. The summed E-state index contributed by atoms with van der Waals surface area (Å²) in [4.78, 5) is 28.3. The van der Waals surface area contributed by atoms with Gasteiger partial charge in [0.1, 0.15) is 5.69 Å². The van der Waals surface area contributed by atoms with Crippen molar-refractivity contribution in [3.63, 3.8) is 0 Å². The molecule has 1 saturated heterocycles. The molecule has 1 aliphatic rings. The number of rotatable bonds is 5. The lowest BCUT2D eigenvalue weighted by atomic mass is 10.2. The molecule has 0 amide bonds. The van der Waals surface area contributed by atoms with Gasteiger partial charge in [-0.15, -0.1) is 0 Å². The van der Waals surface area contributed by atoms with Gasteiger partial charge in [-0.2, -0.15) is 0 Å². The van der Waals surface area contributed by atoms with Gasteiger partial charge in [0.25, 0.3) is 5.56 Å². The topological polar surface area (TPSA) is 56.5 Å². The summed E-state index contributed by atoms with van der Waals surface area (Å²) in [6.45, 7) is 3.12. The lowest BCUT2D eigenvalue weighted by molar-refractivity contribution is 0.122. The van der Waals surface area contributed by atoms with Gasteiger partial charge in [0.15, 0.2) is 0 Å². The molecule has 2 aromatic carbocycles. The van der Waals surface area contributed by atoms with E-state index >= 15 is 0 Å². The smallest absolute Gasteiger partial charge is 0.331 e. The minimum absolute atomic E-state index is 0.250. The van der Waals surface area contributed by atoms with Crippen LogP contribution in [-0.4, -0.2) is 35.4 Å². The van der Waals surface area contributed by atoms with Crippen LogP contribution in [0.5, 0.6) is 0 Å². The van der Waals surface area contributed by atoms with Crippen molar-refractivity contribution in [3.05, 3.63) is 98.8 Å². The van der Waals surface area contributed by atoms with Crippen molar-refractivity contribution in [2.75, 3.05) is 31.2 Å². The summed E-state index contributed by atoms with van der Waals surface area (Å²) in [6, 6.07) is 19.4. The van der Waals surface area contributed by atoms with Crippen molar-refractivity contribution in [1.82, 2.24) is 9.13 Å². The number of hydrogen-bond acceptors (Lipinski definition) is 4. The van der Waals surface area contributed by atoms with E-state index in [9.17, 15) is 9.59 Å². The van der Waals surface area contributed by atoms with Crippen LogP contribution in [0.1, 0.15) is 11.1 Å². The van der Waals surface area contributed by atoms with Gasteiger partial charge in [-0.1, -0.05) is 60.7 Å². The molecule has 0 spiro atoms. The molecule has 0 bridgehead atoms. The van der Waals surface area contributed by atoms with Gasteiger partial charge in [-0.25, -0.2) is 4.79 Å². The van der Waals surface area contributed by atoms with Crippen molar-refractivity contribution >= 4 is 5.69 Å². The molecular formula is C22H23N3O3. The fraction of sp³-hybridized carbons (Fsp3) is 0.273. The average molecular weight is 377 g/mol. The monoisotopic (exact) mass is 377 g/mol. The van der Waals surface area contributed by atoms with Crippen molar-refractivity contribution in [2.45, 2.75) is 13.1 Å². The Morgan fingerprint density at radius 1 is 0.786 bits per heavy atom. The van der Waals surface area contributed by atoms with Crippen LogP contribution >= 0.6 is 0 Å². The lowest BCUT2D eigenvalue weighted by Gasteiger charge is -2.29. The highest BCUT2D eigenvalue weighted by molar-refractivity contribution is 5.43. The predicted molar refractivity (Wildman–Crippen MR) is 109 cm³/mol. The third-order valence-corrected chi connectivity index (χ3v) is 4.95. The number of hydrogen-bond donors (Lipinski definition) is 0. The summed E-state index contributed by atoms with van der Waals surface area (Å²) in [5.41, 5.74) is 1.94. The summed E-state index contributed by atoms with van der Waals surface area (Å²) in [7, 11) is 0. The summed E-state index contributed by atoms with van der Waals surface area (Å²) >= 11 is 0. The van der Waals surface area contributed by atoms with Crippen LogP contribution < -0.4 is 16.1 Å². The first-order chi connectivity index (χ1) is 13.7. The second-order valence-corrected chi connectivity index (χ2v) is 6.89. The second-order valence-electron chi connectivity index (χ2n) is 6.89. The van der Waals surface area contributed by atoms with Gasteiger partial charge in [0.2, 0.25) is 0 Å². The molecule has 6 nitrogen and oxygen atoms in total. The largest absolute Gasteiger partial charge is 0.378 e. The van der Waals surface area contributed by atoms with E-state index in [-0.39, 0.29) is 17.8 Å². The Kier molecular flexibility index (Phi) is 5.39. The molecule has 3 aromatic rings. The quantitative estimate of drug-likeness (QED) is 0.682. The molecule has 0 aliphatic carbocycles. The Morgan fingerprint density at radius 2 is 1.36 bits per heavy atom. The third kappa shape index (κ3) is 3.92. The minimum atomic E-state index is -0.297. The maximum atomic E-state index is 13.2. The molecule has 4 rings (SSSR count). The molecule has 0 radical (unpaired) electrons. The average Bonchev–Trinajstić information content (AvgIpc) is 2.75. The summed E-state index contributed by atoms with van der Waals surface area (Å²) in [5.74, 6) is 0. The molecule has 144 valence electrons. The van der Waals surface area contributed by atoms with E-state index in [1.54, 1.807) is 10.8 Å². The fourth-order valence-corrected chi connectivity index (χ4v) is 3.46. The van der Waals surface area contributed by atoms with Crippen molar-refractivity contribution < 1.29 is 4.74 Å². The molecular weight excluding hydrogens is 354 g/mol. The number of anilines is 1. The maximum Gasteiger partial charge on any atom is 0.331 e. The number of aromatic nitrogens is 2. The lowest BCUT2D eigenvalue weighted by Crippen LogP contribution is -2.46. The molecule has 0 saturated carbocycles. The Morgan fingerprint density at radius 3 is 1.96 bits per heavy atom.